The lowest BCUT2D eigenvalue weighted by atomic mass is 10.1. The molecule has 1 heterocycles. The number of halogens is 1. The molecule has 0 bridgehead atoms. The van der Waals surface area contributed by atoms with Crippen LogP contribution in [0.5, 0.6) is 0 Å². The summed E-state index contributed by atoms with van der Waals surface area (Å²) in [5, 5.41) is 10.8. The van der Waals surface area contributed by atoms with Gasteiger partial charge in [0.2, 0.25) is 0 Å². The van der Waals surface area contributed by atoms with E-state index >= 15 is 0 Å². The molecule has 0 fully saturated rings. The van der Waals surface area contributed by atoms with Crippen LogP contribution >= 0.6 is 11.8 Å². The number of amides is 2. The summed E-state index contributed by atoms with van der Waals surface area (Å²) in [4.78, 5) is 13.7. The molecule has 56 valence electrons. The number of aliphatic imine (C=N–C) groups is 1. The summed E-state index contributed by atoms with van der Waals surface area (Å²) in [5.41, 5.74) is -0.974. The van der Waals surface area contributed by atoms with Gasteiger partial charge >= 0.3 is 6.03 Å². The summed E-state index contributed by atoms with van der Waals surface area (Å²) < 4.78 is 0.801. The van der Waals surface area contributed by atoms with Gasteiger partial charge in [0, 0.05) is 11.8 Å². The average molecular weight is 162 g/mol. The van der Waals surface area contributed by atoms with Gasteiger partial charge < -0.3 is 5.11 Å². The Bertz CT molecular complexity index is 212. The lowest BCUT2D eigenvalue weighted by molar-refractivity contribution is -0.224. The molecule has 4 nitrogen and oxygen atoms in total. The van der Waals surface area contributed by atoms with Gasteiger partial charge in [0.15, 0.2) is 0 Å². The Labute approximate surface area is 63.2 Å². The number of urea groups is 1. The minimum atomic E-state index is -0.974. The highest BCUT2D eigenvalue weighted by atomic mass is 35.5. The molecular formula is C5H6ClN2O2-. The van der Waals surface area contributed by atoms with Crippen LogP contribution in [-0.4, -0.2) is 21.9 Å². The van der Waals surface area contributed by atoms with Crippen molar-refractivity contribution in [2.75, 3.05) is 0 Å². The summed E-state index contributed by atoms with van der Waals surface area (Å²) in [7, 11) is 0. The SMILES string of the molecule is CC1(C)C([O-])=NC(=O)N1Cl. The Morgan fingerprint density at radius 2 is 2.20 bits per heavy atom. The number of carbonyl (C=O) groups excluding carboxylic acids is 1. The lowest BCUT2D eigenvalue weighted by Gasteiger charge is -2.28. The van der Waals surface area contributed by atoms with Crippen molar-refractivity contribution in [3.05, 3.63) is 0 Å². The van der Waals surface area contributed by atoms with E-state index in [0.717, 1.165) is 4.42 Å². The predicted octanol–water partition coefficient (Wildman–Crippen LogP) is 0.113. The molecule has 5 heteroatoms. The maximum absolute atomic E-state index is 10.8. The lowest BCUT2D eigenvalue weighted by Crippen LogP contribution is -2.46. The van der Waals surface area contributed by atoms with Crippen LogP contribution in [0.1, 0.15) is 13.8 Å². The molecule has 10 heavy (non-hydrogen) atoms. The maximum Gasteiger partial charge on any atom is 0.358 e. The Balaban J connectivity index is 3.00. The van der Waals surface area contributed by atoms with Crippen LogP contribution in [0.2, 0.25) is 0 Å². The summed E-state index contributed by atoms with van der Waals surface area (Å²) in [6, 6.07) is -0.684. The summed E-state index contributed by atoms with van der Waals surface area (Å²) in [6.45, 7) is 3.08. The topological polar surface area (TPSA) is 55.7 Å². The third-order valence-corrected chi connectivity index (χ3v) is 1.95. The zero-order valence-electron chi connectivity index (χ0n) is 5.59. The van der Waals surface area contributed by atoms with Crippen molar-refractivity contribution in [1.82, 2.24) is 4.42 Å². The van der Waals surface area contributed by atoms with Crippen molar-refractivity contribution >= 4 is 23.7 Å². The first-order valence-corrected chi connectivity index (χ1v) is 3.06. The number of carbonyl (C=O) groups is 1. The minimum absolute atomic E-state index is 0.493. The first-order valence-electron chi connectivity index (χ1n) is 2.72. The van der Waals surface area contributed by atoms with E-state index in [0.29, 0.717) is 0 Å². The summed E-state index contributed by atoms with van der Waals surface area (Å²) in [5.74, 6) is -0.493. The highest BCUT2D eigenvalue weighted by molar-refractivity contribution is 6.26. The fourth-order valence-corrected chi connectivity index (χ4v) is 0.701. The summed E-state index contributed by atoms with van der Waals surface area (Å²) in [6.07, 6.45) is 0. The second-order valence-electron chi connectivity index (χ2n) is 2.54. The quantitative estimate of drug-likeness (QED) is 0.474. The van der Waals surface area contributed by atoms with Crippen molar-refractivity contribution in [2.24, 2.45) is 4.99 Å². The largest absolute Gasteiger partial charge is 0.860 e. The monoisotopic (exact) mass is 161 g/mol. The van der Waals surface area contributed by atoms with Crippen molar-refractivity contribution < 1.29 is 9.90 Å². The van der Waals surface area contributed by atoms with E-state index in [1.807, 2.05) is 0 Å². The van der Waals surface area contributed by atoms with Gasteiger partial charge in [-0.3, -0.25) is 0 Å². The van der Waals surface area contributed by atoms with Crippen LogP contribution in [-0.2, 0) is 0 Å². The van der Waals surface area contributed by atoms with Crippen LogP contribution in [0.15, 0.2) is 4.99 Å². The predicted molar refractivity (Wildman–Crippen MR) is 34.6 cm³/mol. The summed E-state index contributed by atoms with van der Waals surface area (Å²) >= 11 is 5.42. The van der Waals surface area contributed by atoms with E-state index in [-0.39, 0.29) is 0 Å². The zero-order valence-corrected chi connectivity index (χ0v) is 6.34. The maximum atomic E-state index is 10.8. The third kappa shape index (κ3) is 0.759. The van der Waals surface area contributed by atoms with Gasteiger partial charge in [-0.2, -0.15) is 0 Å². The van der Waals surface area contributed by atoms with E-state index in [2.05, 4.69) is 4.99 Å². The first kappa shape index (κ1) is 7.34. The Hall–Kier alpha value is -0.770. The second kappa shape index (κ2) is 1.85. The minimum Gasteiger partial charge on any atom is -0.860 e. The van der Waals surface area contributed by atoms with Crippen LogP contribution in [0, 0.1) is 0 Å². The fourth-order valence-electron chi connectivity index (χ4n) is 0.591. The first-order chi connectivity index (χ1) is 4.46. The molecule has 0 saturated heterocycles. The Morgan fingerprint density at radius 3 is 2.30 bits per heavy atom. The molecule has 1 rings (SSSR count). The fraction of sp³-hybridized carbons (Fsp3) is 0.600. The van der Waals surface area contributed by atoms with Gasteiger partial charge in [0.05, 0.1) is 5.54 Å². The molecule has 0 radical (unpaired) electrons. The molecule has 1 aliphatic rings. The zero-order chi connectivity index (χ0) is 7.94. The molecule has 0 N–H and O–H groups in total. The Kier molecular flexibility index (Phi) is 1.36. The molecule has 1 aliphatic heterocycles. The van der Waals surface area contributed by atoms with Crippen LogP contribution in [0.25, 0.3) is 0 Å². The van der Waals surface area contributed by atoms with Crippen LogP contribution < -0.4 is 5.11 Å². The van der Waals surface area contributed by atoms with E-state index in [1.165, 1.54) is 13.8 Å². The van der Waals surface area contributed by atoms with Gasteiger partial charge in [-0.05, 0) is 19.7 Å². The molecule has 0 atom stereocenters. The molecular weight excluding hydrogens is 156 g/mol. The molecule has 0 spiro atoms. The van der Waals surface area contributed by atoms with E-state index in [4.69, 9.17) is 11.8 Å². The molecule has 0 saturated carbocycles. The van der Waals surface area contributed by atoms with Crippen molar-refractivity contribution in [1.29, 1.82) is 0 Å². The number of rotatable bonds is 0. The molecule has 0 unspecified atom stereocenters. The van der Waals surface area contributed by atoms with Gasteiger partial charge in [-0.15, -0.1) is 0 Å². The average Bonchev–Trinajstić information content (AvgIpc) is 1.97. The van der Waals surface area contributed by atoms with E-state index < -0.39 is 17.5 Å². The standard InChI is InChI=1S/C5H7ClN2O2/c1-5(2)3(9)7-4(10)8(5)6/h1-2H3,(H,7,9,10)/p-1. The van der Waals surface area contributed by atoms with Gasteiger partial charge in [-0.25, -0.2) is 14.2 Å². The van der Waals surface area contributed by atoms with Gasteiger partial charge in [0.25, 0.3) is 0 Å². The normalized spacial score (nSPS) is 23.3. The molecule has 2 amide bonds. The van der Waals surface area contributed by atoms with Crippen LogP contribution in [0.3, 0.4) is 0 Å². The molecule has 0 aliphatic carbocycles. The van der Waals surface area contributed by atoms with Crippen molar-refractivity contribution in [3.8, 4) is 0 Å². The van der Waals surface area contributed by atoms with Crippen LogP contribution in [0.4, 0.5) is 4.79 Å². The second-order valence-corrected chi connectivity index (χ2v) is 2.88. The highest BCUT2D eigenvalue weighted by Gasteiger charge is 2.35. The number of hydrogen-bond donors (Lipinski definition) is 0. The van der Waals surface area contributed by atoms with Crippen molar-refractivity contribution in [3.63, 3.8) is 0 Å². The van der Waals surface area contributed by atoms with Gasteiger partial charge in [0.1, 0.15) is 0 Å². The highest BCUT2D eigenvalue weighted by Crippen LogP contribution is 2.23. The number of nitrogens with zero attached hydrogens (tertiary/aromatic N) is 2. The molecule has 0 aromatic heterocycles. The van der Waals surface area contributed by atoms with Crippen molar-refractivity contribution in [2.45, 2.75) is 19.4 Å². The smallest absolute Gasteiger partial charge is 0.358 e. The molecule has 0 aromatic rings. The van der Waals surface area contributed by atoms with Gasteiger partial charge in [-0.1, -0.05) is 0 Å². The number of hydrogen-bond acceptors (Lipinski definition) is 2. The van der Waals surface area contributed by atoms with E-state index in [1.54, 1.807) is 0 Å². The van der Waals surface area contributed by atoms with E-state index in [9.17, 15) is 9.90 Å². The third-order valence-electron chi connectivity index (χ3n) is 1.38. The molecule has 0 aromatic carbocycles. The Morgan fingerprint density at radius 1 is 1.70 bits per heavy atom.